The highest BCUT2D eigenvalue weighted by atomic mass is 16.5. The fraction of sp³-hybridized carbons (Fsp3) is 0.650. The normalized spacial score (nSPS) is 22.3. The second-order valence-corrected chi connectivity index (χ2v) is 6.80. The highest BCUT2D eigenvalue weighted by molar-refractivity contribution is 5.77. The maximum Gasteiger partial charge on any atom is 0.325 e. The summed E-state index contributed by atoms with van der Waals surface area (Å²) in [6.45, 7) is 7.30. The van der Waals surface area contributed by atoms with Crippen molar-refractivity contribution in [3.8, 4) is 0 Å². The van der Waals surface area contributed by atoms with E-state index >= 15 is 0 Å². The number of morpholine rings is 1. The van der Waals surface area contributed by atoms with Crippen LogP contribution in [-0.2, 0) is 14.3 Å². The first kappa shape index (κ1) is 18.4. The van der Waals surface area contributed by atoms with Crippen molar-refractivity contribution in [1.29, 1.82) is 0 Å². The Kier molecular flexibility index (Phi) is 6.84. The number of hydrogen-bond acceptors (Lipinski definition) is 5. The van der Waals surface area contributed by atoms with Gasteiger partial charge in [0.15, 0.2) is 0 Å². The molecule has 5 nitrogen and oxygen atoms in total. The number of hydrogen-bond donors (Lipinski definition) is 0. The lowest BCUT2D eigenvalue weighted by atomic mass is 9.93. The van der Waals surface area contributed by atoms with E-state index in [2.05, 4.69) is 34.1 Å². The molecule has 138 valence electrons. The fourth-order valence-corrected chi connectivity index (χ4v) is 4.00. The van der Waals surface area contributed by atoms with Crippen LogP contribution in [0, 0.1) is 0 Å². The lowest BCUT2D eigenvalue weighted by molar-refractivity contribution is -0.155. The molecule has 0 saturated carbocycles. The van der Waals surface area contributed by atoms with Crippen LogP contribution in [0.2, 0.25) is 0 Å². The number of carbonyl (C=O) groups is 1. The zero-order valence-corrected chi connectivity index (χ0v) is 15.2. The molecule has 0 amide bonds. The van der Waals surface area contributed by atoms with Gasteiger partial charge in [0.25, 0.3) is 0 Å². The van der Waals surface area contributed by atoms with Crippen LogP contribution in [0.5, 0.6) is 0 Å². The molecule has 3 rings (SSSR count). The largest absolute Gasteiger partial charge is 0.465 e. The van der Waals surface area contributed by atoms with Crippen molar-refractivity contribution < 1.29 is 14.3 Å². The fourth-order valence-electron chi connectivity index (χ4n) is 4.00. The maximum atomic E-state index is 13.0. The molecule has 0 spiro atoms. The third-order valence-corrected chi connectivity index (χ3v) is 5.19. The Labute approximate surface area is 150 Å². The third kappa shape index (κ3) is 4.60. The summed E-state index contributed by atoms with van der Waals surface area (Å²) < 4.78 is 11.0. The van der Waals surface area contributed by atoms with E-state index in [0.29, 0.717) is 19.8 Å². The molecule has 0 radical (unpaired) electrons. The van der Waals surface area contributed by atoms with Crippen LogP contribution in [-0.4, -0.2) is 67.8 Å². The Bertz CT molecular complexity index is 525. The number of ether oxygens (including phenoxy) is 2. The van der Waals surface area contributed by atoms with E-state index in [1.807, 2.05) is 13.0 Å². The smallest absolute Gasteiger partial charge is 0.325 e. The first-order chi connectivity index (χ1) is 12.3. The van der Waals surface area contributed by atoms with Crippen LogP contribution >= 0.6 is 0 Å². The topological polar surface area (TPSA) is 42.0 Å². The zero-order valence-electron chi connectivity index (χ0n) is 15.2. The molecule has 0 aromatic heterocycles. The Morgan fingerprint density at radius 3 is 2.36 bits per heavy atom. The first-order valence-electron chi connectivity index (χ1n) is 9.58. The van der Waals surface area contributed by atoms with E-state index in [4.69, 9.17) is 9.47 Å². The molecule has 2 aliphatic rings. The Morgan fingerprint density at radius 2 is 1.72 bits per heavy atom. The third-order valence-electron chi connectivity index (χ3n) is 5.19. The van der Waals surface area contributed by atoms with Crippen LogP contribution < -0.4 is 0 Å². The summed E-state index contributed by atoms with van der Waals surface area (Å²) >= 11 is 0. The van der Waals surface area contributed by atoms with Crippen LogP contribution in [0.25, 0.3) is 0 Å². The monoisotopic (exact) mass is 346 g/mol. The molecular formula is C20H30N2O3. The Morgan fingerprint density at radius 1 is 1.04 bits per heavy atom. The number of carbonyl (C=O) groups excluding carboxylic acids is 1. The predicted octanol–water partition coefficient (Wildman–Crippen LogP) is 2.48. The van der Waals surface area contributed by atoms with Gasteiger partial charge in [0, 0.05) is 13.1 Å². The summed E-state index contributed by atoms with van der Waals surface area (Å²) in [5.74, 6) is -0.108. The molecule has 0 N–H and O–H groups in total. The number of piperidine rings is 1. The summed E-state index contributed by atoms with van der Waals surface area (Å²) in [5.41, 5.74) is 1.20. The van der Waals surface area contributed by atoms with Crippen molar-refractivity contribution in [3.05, 3.63) is 35.9 Å². The standard InChI is InChI=1S/C20H30N2O3/c1-2-25-20(23)19(22-13-15-24-16-14-22)18(17-9-5-3-6-10-17)21-11-7-4-8-12-21/h3,5-6,9-10,18-19H,2,4,7-8,11-16H2,1H3/t18-,19-/m0/s1. The van der Waals surface area contributed by atoms with Gasteiger partial charge in [-0.1, -0.05) is 36.8 Å². The average Bonchev–Trinajstić information content (AvgIpc) is 2.68. The average molecular weight is 346 g/mol. The van der Waals surface area contributed by atoms with Crippen molar-refractivity contribution in [2.75, 3.05) is 46.0 Å². The van der Waals surface area contributed by atoms with Crippen molar-refractivity contribution in [1.82, 2.24) is 9.80 Å². The van der Waals surface area contributed by atoms with Gasteiger partial charge < -0.3 is 9.47 Å². The summed E-state index contributed by atoms with van der Waals surface area (Å²) in [5, 5.41) is 0. The molecular weight excluding hydrogens is 316 g/mol. The summed E-state index contributed by atoms with van der Waals surface area (Å²) in [6.07, 6.45) is 3.67. The molecule has 1 aromatic rings. The highest BCUT2D eigenvalue weighted by Gasteiger charge is 2.40. The second-order valence-electron chi connectivity index (χ2n) is 6.80. The van der Waals surface area contributed by atoms with E-state index in [0.717, 1.165) is 26.2 Å². The molecule has 2 heterocycles. The van der Waals surface area contributed by atoms with E-state index < -0.39 is 0 Å². The number of rotatable bonds is 6. The van der Waals surface area contributed by atoms with E-state index in [9.17, 15) is 4.79 Å². The minimum Gasteiger partial charge on any atom is -0.465 e. The molecule has 25 heavy (non-hydrogen) atoms. The van der Waals surface area contributed by atoms with Crippen molar-refractivity contribution in [2.45, 2.75) is 38.3 Å². The molecule has 2 fully saturated rings. The van der Waals surface area contributed by atoms with E-state index in [-0.39, 0.29) is 18.1 Å². The zero-order chi connectivity index (χ0) is 17.5. The molecule has 2 saturated heterocycles. The molecule has 2 atom stereocenters. The van der Waals surface area contributed by atoms with Gasteiger partial charge in [0.2, 0.25) is 0 Å². The second kappa shape index (κ2) is 9.32. The molecule has 0 aliphatic carbocycles. The molecule has 2 aliphatic heterocycles. The summed E-state index contributed by atoms with van der Waals surface area (Å²) in [7, 11) is 0. The number of nitrogens with zero attached hydrogens (tertiary/aromatic N) is 2. The van der Waals surface area contributed by atoms with Crippen molar-refractivity contribution >= 4 is 5.97 Å². The summed E-state index contributed by atoms with van der Waals surface area (Å²) in [4.78, 5) is 17.7. The first-order valence-corrected chi connectivity index (χ1v) is 9.58. The van der Waals surface area contributed by atoms with Crippen molar-refractivity contribution in [2.24, 2.45) is 0 Å². The molecule has 0 bridgehead atoms. The predicted molar refractivity (Wildman–Crippen MR) is 97.4 cm³/mol. The lowest BCUT2D eigenvalue weighted by Gasteiger charge is -2.43. The van der Waals surface area contributed by atoms with Crippen LogP contribution in [0.4, 0.5) is 0 Å². The van der Waals surface area contributed by atoms with Crippen LogP contribution in [0.15, 0.2) is 30.3 Å². The van der Waals surface area contributed by atoms with Crippen molar-refractivity contribution in [3.63, 3.8) is 0 Å². The molecule has 1 aromatic carbocycles. The quantitative estimate of drug-likeness (QED) is 0.740. The highest BCUT2D eigenvalue weighted by Crippen LogP contribution is 2.31. The van der Waals surface area contributed by atoms with Crippen LogP contribution in [0.1, 0.15) is 37.8 Å². The summed E-state index contributed by atoms with van der Waals surface area (Å²) in [6, 6.07) is 10.2. The van der Waals surface area contributed by atoms with Gasteiger partial charge in [-0.2, -0.15) is 0 Å². The minimum atomic E-state index is -0.274. The SMILES string of the molecule is CCOC(=O)[C@H]([C@H](c1ccccc1)N1CCCCC1)N1CCOCC1. The Balaban J connectivity index is 1.93. The van der Waals surface area contributed by atoms with Gasteiger partial charge in [0.1, 0.15) is 6.04 Å². The lowest BCUT2D eigenvalue weighted by Crippen LogP contribution is -2.55. The number of benzene rings is 1. The van der Waals surface area contributed by atoms with E-state index in [1.165, 1.54) is 24.8 Å². The van der Waals surface area contributed by atoms with Gasteiger partial charge in [-0.25, -0.2) is 0 Å². The molecule has 0 unspecified atom stereocenters. The number of likely N-dealkylation sites (tertiary alicyclic amines) is 1. The van der Waals surface area contributed by atoms with Gasteiger partial charge in [-0.3, -0.25) is 14.6 Å². The van der Waals surface area contributed by atoms with Gasteiger partial charge in [0.05, 0.1) is 25.9 Å². The van der Waals surface area contributed by atoms with Crippen LogP contribution in [0.3, 0.4) is 0 Å². The van der Waals surface area contributed by atoms with Gasteiger partial charge in [-0.15, -0.1) is 0 Å². The van der Waals surface area contributed by atoms with Gasteiger partial charge in [-0.05, 0) is 38.4 Å². The van der Waals surface area contributed by atoms with Gasteiger partial charge >= 0.3 is 5.97 Å². The minimum absolute atomic E-state index is 0.0404. The van der Waals surface area contributed by atoms with E-state index in [1.54, 1.807) is 0 Å². The Hall–Kier alpha value is -1.43. The molecule has 5 heteroatoms. The number of esters is 1. The maximum absolute atomic E-state index is 13.0.